The SMILES string of the molecule is CC1=[C]([Zr+2]([C]2=C(C)C=C(c3ccccc3F)C2)=[Si](C)c2ccccc2)CC(c2ccccc2F)=C1.[Cl-].[Cl-]. The molecule has 0 heterocycles. The van der Waals surface area contributed by atoms with Crippen molar-refractivity contribution in [3.8, 4) is 0 Å². The third kappa shape index (κ3) is 6.09. The summed E-state index contributed by atoms with van der Waals surface area (Å²) in [5.74, 6) is -0.300. The Morgan fingerprint density at radius 1 is 0.622 bits per heavy atom. The molecule has 3 aromatic rings. The third-order valence-corrected chi connectivity index (χ3v) is 26.0. The van der Waals surface area contributed by atoms with Crippen molar-refractivity contribution in [2.75, 3.05) is 0 Å². The van der Waals surface area contributed by atoms with Gasteiger partial charge in [-0.1, -0.05) is 0 Å². The van der Waals surface area contributed by atoms with Crippen molar-refractivity contribution in [1.82, 2.24) is 0 Å². The van der Waals surface area contributed by atoms with E-state index in [1.807, 2.05) is 24.3 Å². The zero-order valence-corrected chi connectivity index (χ0v) is 26.1. The fourth-order valence-corrected chi connectivity index (χ4v) is 25.6. The molecule has 37 heavy (non-hydrogen) atoms. The fourth-order valence-electron chi connectivity index (χ4n) is 5.29. The molecule has 2 aliphatic carbocycles. The topological polar surface area (TPSA) is 0 Å². The van der Waals surface area contributed by atoms with E-state index in [4.69, 9.17) is 0 Å². The molecule has 3 aromatic carbocycles. The summed E-state index contributed by atoms with van der Waals surface area (Å²) in [6.45, 7) is 6.89. The first-order valence-corrected chi connectivity index (χ1v) is 20.2. The molecule has 0 fully saturated rings. The van der Waals surface area contributed by atoms with Gasteiger partial charge in [-0.2, -0.15) is 0 Å². The first-order valence-electron chi connectivity index (χ1n) is 12.0. The molecule has 0 aromatic heterocycles. The summed E-state index contributed by atoms with van der Waals surface area (Å²) in [6, 6.07) is 25.2. The van der Waals surface area contributed by atoms with Crippen LogP contribution in [-0.4, -0.2) is 5.43 Å². The summed E-state index contributed by atoms with van der Waals surface area (Å²) in [5.41, 5.74) is 5.42. The average Bonchev–Trinajstić information content (AvgIpc) is 3.43. The van der Waals surface area contributed by atoms with Gasteiger partial charge < -0.3 is 24.8 Å². The van der Waals surface area contributed by atoms with Gasteiger partial charge in [-0.05, 0) is 0 Å². The molecule has 0 atom stereocenters. The molecule has 0 saturated carbocycles. The Labute approximate surface area is 238 Å². The van der Waals surface area contributed by atoms with Crippen LogP contribution in [0.25, 0.3) is 11.1 Å². The third-order valence-electron chi connectivity index (χ3n) is 7.09. The Bertz CT molecular complexity index is 1400. The Hall–Kier alpha value is -1.84. The number of allylic oxidation sites excluding steroid dienone is 8. The summed E-state index contributed by atoms with van der Waals surface area (Å²) >= 11 is -2.40. The molecule has 2 aliphatic rings. The minimum Gasteiger partial charge on any atom is -1.00 e. The normalized spacial score (nSPS) is 14.4. The van der Waals surface area contributed by atoms with Gasteiger partial charge in [0.2, 0.25) is 0 Å². The monoisotopic (exact) mass is 626 g/mol. The Morgan fingerprint density at radius 3 is 1.46 bits per heavy atom. The predicted octanol–water partition coefficient (Wildman–Crippen LogP) is 1.94. The van der Waals surface area contributed by atoms with Crippen LogP contribution in [0.5, 0.6) is 0 Å². The molecule has 0 nitrogen and oxygen atoms in total. The van der Waals surface area contributed by atoms with Gasteiger partial charge in [0.15, 0.2) is 0 Å². The van der Waals surface area contributed by atoms with Crippen LogP contribution in [0.2, 0.25) is 6.55 Å². The van der Waals surface area contributed by atoms with Gasteiger partial charge in [0.25, 0.3) is 0 Å². The van der Waals surface area contributed by atoms with Crippen molar-refractivity contribution in [2.24, 2.45) is 0 Å². The van der Waals surface area contributed by atoms with Crippen LogP contribution in [0.1, 0.15) is 37.8 Å². The molecule has 0 amide bonds. The molecular weight excluding hydrogens is 601 g/mol. The quantitative estimate of drug-likeness (QED) is 0.380. The van der Waals surface area contributed by atoms with E-state index in [1.54, 1.807) is 30.8 Å². The van der Waals surface area contributed by atoms with Gasteiger partial charge in [0.1, 0.15) is 0 Å². The first kappa shape index (κ1) is 29.7. The van der Waals surface area contributed by atoms with Crippen LogP contribution in [-0.2, 0) is 20.4 Å². The van der Waals surface area contributed by atoms with E-state index in [-0.39, 0.29) is 36.4 Å². The van der Waals surface area contributed by atoms with E-state index < -0.39 is 25.8 Å². The number of hydrogen-bond donors (Lipinski definition) is 0. The standard InChI is InChI=1S/2C12H10F.C7H8Si.2ClH.Zr/c2*1-9-6-7-10(8-9)11-4-2-3-5-12(11)13;1-8-7-5-3-2-4-6-7;;;/h2*2-5,8H,7H2,1H3;2-6H,1H3;2*1H;/q;;;;;+2/p-2. The molecule has 6 heteroatoms. The number of rotatable bonds is 5. The summed E-state index contributed by atoms with van der Waals surface area (Å²) in [7, 11) is 0. The Balaban J connectivity index is 0.00000190. The van der Waals surface area contributed by atoms with Crippen molar-refractivity contribution in [1.29, 1.82) is 0 Å². The summed E-state index contributed by atoms with van der Waals surface area (Å²) in [5, 5.41) is 1.46. The maximum absolute atomic E-state index is 14.7. The Kier molecular flexibility index (Phi) is 10.3. The molecule has 0 bridgehead atoms. The Morgan fingerprint density at radius 2 is 1.03 bits per heavy atom. The molecule has 0 saturated heterocycles. The van der Waals surface area contributed by atoms with Crippen LogP contribution in [0, 0.1) is 11.6 Å². The molecule has 0 aliphatic heterocycles. The van der Waals surface area contributed by atoms with Gasteiger partial charge in [-0.15, -0.1) is 0 Å². The summed E-state index contributed by atoms with van der Waals surface area (Å²) in [4.78, 5) is 0. The van der Waals surface area contributed by atoms with Gasteiger partial charge in [-0.25, -0.2) is 0 Å². The van der Waals surface area contributed by atoms with Gasteiger partial charge in [0.05, 0.1) is 0 Å². The molecule has 0 unspecified atom stereocenters. The summed E-state index contributed by atoms with van der Waals surface area (Å²) in [6.07, 6.45) is 6.10. The van der Waals surface area contributed by atoms with Crippen LogP contribution in [0.4, 0.5) is 8.78 Å². The fraction of sp³-hybridized carbons (Fsp3) is 0.161. The molecular formula is C31H28Cl2F2SiZr. The second-order valence-electron chi connectivity index (χ2n) is 9.34. The van der Waals surface area contributed by atoms with Crippen LogP contribution in [0.15, 0.2) is 109 Å². The van der Waals surface area contributed by atoms with Crippen LogP contribution in [0.3, 0.4) is 0 Å². The molecule has 0 spiro atoms. The van der Waals surface area contributed by atoms with Gasteiger partial charge >= 0.3 is 216 Å². The van der Waals surface area contributed by atoms with Crippen LogP contribution >= 0.6 is 0 Å². The first-order chi connectivity index (χ1) is 16.9. The maximum Gasteiger partial charge on any atom is -1.00 e. The maximum atomic E-state index is 14.7. The van der Waals surface area contributed by atoms with Crippen molar-refractivity contribution in [2.45, 2.75) is 33.2 Å². The average molecular weight is 629 g/mol. The van der Waals surface area contributed by atoms with E-state index in [0.29, 0.717) is 0 Å². The van der Waals surface area contributed by atoms with E-state index >= 15 is 0 Å². The van der Waals surface area contributed by atoms with E-state index in [9.17, 15) is 8.78 Å². The van der Waals surface area contributed by atoms with Gasteiger partial charge in [0, 0.05) is 0 Å². The van der Waals surface area contributed by atoms with E-state index in [0.717, 1.165) is 35.1 Å². The second-order valence-corrected chi connectivity index (χ2v) is 24.5. The van der Waals surface area contributed by atoms with E-state index in [2.05, 4.69) is 62.9 Å². The van der Waals surface area contributed by atoms with Crippen molar-refractivity contribution in [3.05, 3.63) is 131 Å². The van der Waals surface area contributed by atoms with Crippen molar-refractivity contribution < 1.29 is 54.0 Å². The number of benzene rings is 3. The number of halogens is 4. The molecule has 0 radical (unpaired) electrons. The largest absolute Gasteiger partial charge is 1.00 e. The minimum absolute atomic E-state index is 0. The zero-order chi connectivity index (χ0) is 24.5. The number of hydrogen-bond acceptors (Lipinski definition) is 0. The minimum atomic E-state index is -2.40. The smallest absolute Gasteiger partial charge is 1.00 e. The summed E-state index contributed by atoms with van der Waals surface area (Å²) < 4.78 is 32.5. The zero-order valence-electron chi connectivity index (χ0n) is 21.1. The van der Waals surface area contributed by atoms with Crippen LogP contribution < -0.4 is 30.0 Å². The molecule has 5 rings (SSSR count). The van der Waals surface area contributed by atoms with Gasteiger partial charge in [-0.3, -0.25) is 0 Å². The molecule has 0 N–H and O–H groups in total. The van der Waals surface area contributed by atoms with E-state index in [1.165, 1.54) is 16.3 Å². The second kappa shape index (κ2) is 12.8. The van der Waals surface area contributed by atoms with Crippen molar-refractivity contribution in [3.63, 3.8) is 0 Å². The van der Waals surface area contributed by atoms with Crippen molar-refractivity contribution >= 4 is 21.8 Å². The molecule has 188 valence electrons. The predicted molar refractivity (Wildman–Crippen MR) is 141 cm³/mol.